The Morgan fingerprint density at radius 2 is 1.00 bits per heavy atom. The smallest absolute Gasteiger partial charge is 0.333 e. The molecule has 0 bridgehead atoms. The summed E-state index contributed by atoms with van der Waals surface area (Å²) < 4.78 is 19.1. The van der Waals surface area contributed by atoms with Gasteiger partial charge in [-0.1, -0.05) is 0 Å². The maximum absolute atomic E-state index is 12.0. The largest absolute Gasteiger partial charge is 0.478 e. The summed E-state index contributed by atoms with van der Waals surface area (Å²) in [6.45, 7) is 2.32. The van der Waals surface area contributed by atoms with Gasteiger partial charge in [0.15, 0.2) is 0 Å². The number of aliphatic carboxylic acids is 2. The molecule has 0 aliphatic heterocycles. The van der Waals surface area contributed by atoms with Crippen LogP contribution in [0.25, 0.3) is 0 Å². The summed E-state index contributed by atoms with van der Waals surface area (Å²) in [6, 6.07) is 0. The molecule has 0 aliphatic carbocycles. The van der Waals surface area contributed by atoms with Crippen molar-refractivity contribution in [2.75, 3.05) is 40.6 Å². The van der Waals surface area contributed by atoms with Gasteiger partial charge in [0.25, 0.3) is 0 Å². The van der Waals surface area contributed by atoms with Crippen LogP contribution in [0.1, 0.15) is 13.8 Å². The predicted molar refractivity (Wildman–Crippen MR) is 86.3 cm³/mol. The van der Waals surface area contributed by atoms with Gasteiger partial charge in [0, 0.05) is 14.2 Å². The molecule has 0 heterocycles. The van der Waals surface area contributed by atoms with E-state index < -0.39 is 46.9 Å². The highest BCUT2D eigenvalue weighted by atomic mass is 16.6. The lowest BCUT2D eigenvalue weighted by molar-refractivity contribution is -0.151. The lowest BCUT2D eigenvalue weighted by atomic mass is 9.88. The summed E-state index contributed by atoms with van der Waals surface area (Å²) in [4.78, 5) is 47.2. The molecule has 2 unspecified atom stereocenters. The summed E-state index contributed by atoms with van der Waals surface area (Å²) in [5.74, 6) is -8.00. The van der Waals surface area contributed by atoms with E-state index in [9.17, 15) is 29.4 Å². The number of hydrogen-bond acceptors (Lipinski definition) is 8. The van der Waals surface area contributed by atoms with Crippen LogP contribution >= 0.6 is 0 Å². The molecule has 10 nitrogen and oxygen atoms in total. The Kier molecular flexibility index (Phi) is 10.9. The summed E-state index contributed by atoms with van der Waals surface area (Å²) in [5, 5.41) is 18.8. The zero-order valence-electron chi connectivity index (χ0n) is 15.1. The second kappa shape index (κ2) is 12.0. The molecule has 0 aromatic heterocycles. The number of hydrogen-bond donors (Lipinski definition) is 2. The van der Waals surface area contributed by atoms with E-state index in [1.807, 2.05) is 0 Å². The van der Waals surface area contributed by atoms with Gasteiger partial charge < -0.3 is 29.2 Å². The first-order valence-electron chi connectivity index (χ1n) is 7.70. The van der Waals surface area contributed by atoms with Crippen LogP contribution in [0.5, 0.6) is 0 Å². The quantitative estimate of drug-likeness (QED) is 0.273. The van der Waals surface area contributed by atoms with Crippen molar-refractivity contribution in [3.05, 3.63) is 11.1 Å². The van der Waals surface area contributed by atoms with Crippen molar-refractivity contribution < 1.29 is 48.3 Å². The van der Waals surface area contributed by atoms with Gasteiger partial charge in [-0.2, -0.15) is 0 Å². The summed E-state index contributed by atoms with van der Waals surface area (Å²) in [5.41, 5.74) is -1.48. The number of esters is 2. The maximum Gasteiger partial charge on any atom is 0.333 e. The van der Waals surface area contributed by atoms with E-state index >= 15 is 0 Å². The molecule has 0 rings (SSSR count). The van der Waals surface area contributed by atoms with Crippen LogP contribution in [0.2, 0.25) is 0 Å². The Labute approximate surface area is 150 Å². The third-order valence-corrected chi connectivity index (χ3v) is 3.39. The van der Waals surface area contributed by atoms with Crippen molar-refractivity contribution in [1.29, 1.82) is 0 Å². The van der Waals surface area contributed by atoms with Gasteiger partial charge in [-0.05, 0) is 13.8 Å². The van der Waals surface area contributed by atoms with Gasteiger partial charge in [-0.15, -0.1) is 0 Å². The highest BCUT2D eigenvalue weighted by molar-refractivity contribution is 6.05. The van der Waals surface area contributed by atoms with Gasteiger partial charge in [0.2, 0.25) is 0 Å². The van der Waals surface area contributed by atoms with Crippen LogP contribution in [0.4, 0.5) is 0 Å². The number of carbonyl (C=O) groups is 4. The number of carbonyl (C=O) groups excluding carboxylic acids is 2. The van der Waals surface area contributed by atoms with E-state index in [1.165, 1.54) is 28.1 Å². The monoisotopic (exact) mass is 376 g/mol. The number of ether oxygens (including phenoxy) is 4. The highest BCUT2D eigenvalue weighted by Crippen LogP contribution is 2.25. The summed E-state index contributed by atoms with van der Waals surface area (Å²) in [7, 11) is 2.78. The molecule has 0 aliphatic rings. The van der Waals surface area contributed by atoms with Gasteiger partial charge >= 0.3 is 23.9 Å². The van der Waals surface area contributed by atoms with E-state index in [0.29, 0.717) is 0 Å². The molecule has 0 aromatic carbocycles. The van der Waals surface area contributed by atoms with Crippen molar-refractivity contribution in [2.24, 2.45) is 11.8 Å². The lowest BCUT2D eigenvalue weighted by Gasteiger charge is -2.18. The molecule has 0 fully saturated rings. The van der Waals surface area contributed by atoms with Crippen LogP contribution in [-0.2, 0) is 38.1 Å². The molecule has 0 radical (unpaired) electrons. The number of carboxylic acid groups (broad SMARTS) is 2. The Morgan fingerprint density at radius 3 is 1.23 bits per heavy atom. The zero-order chi connectivity index (χ0) is 20.3. The molecule has 26 heavy (non-hydrogen) atoms. The molecule has 0 saturated heterocycles. The Morgan fingerprint density at radius 1 is 0.692 bits per heavy atom. The fourth-order valence-corrected chi connectivity index (χ4v) is 2.00. The van der Waals surface area contributed by atoms with Crippen molar-refractivity contribution in [3.8, 4) is 0 Å². The Bertz CT molecular complexity index is 503. The predicted octanol–water partition coefficient (Wildman–Crippen LogP) is 0.104. The number of rotatable bonds is 12. The van der Waals surface area contributed by atoms with Crippen LogP contribution < -0.4 is 0 Å². The first-order valence-corrected chi connectivity index (χ1v) is 7.70. The van der Waals surface area contributed by atoms with Crippen LogP contribution in [0, 0.1) is 11.8 Å². The van der Waals surface area contributed by atoms with Crippen molar-refractivity contribution >= 4 is 23.9 Å². The molecule has 2 N–H and O–H groups in total. The fraction of sp³-hybridized carbons (Fsp3) is 0.625. The summed E-state index contributed by atoms with van der Waals surface area (Å²) >= 11 is 0. The second-order valence-electron chi connectivity index (χ2n) is 5.20. The molecule has 0 saturated carbocycles. The number of methoxy groups -OCH3 is 2. The number of carboxylic acids is 2. The van der Waals surface area contributed by atoms with E-state index in [0.717, 1.165) is 0 Å². The molecule has 148 valence electrons. The molecule has 0 amide bonds. The molecule has 0 aromatic rings. The van der Waals surface area contributed by atoms with E-state index in [-0.39, 0.29) is 26.4 Å². The van der Waals surface area contributed by atoms with Crippen LogP contribution in [0.3, 0.4) is 0 Å². The second-order valence-corrected chi connectivity index (χ2v) is 5.20. The minimum Gasteiger partial charge on any atom is -0.478 e. The Hall–Kier alpha value is -2.46. The third kappa shape index (κ3) is 7.19. The van der Waals surface area contributed by atoms with E-state index in [4.69, 9.17) is 18.9 Å². The highest BCUT2D eigenvalue weighted by Gasteiger charge is 2.36. The molecular formula is C16H24O10. The van der Waals surface area contributed by atoms with Gasteiger partial charge in [0.05, 0.1) is 36.2 Å². The van der Waals surface area contributed by atoms with Crippen molar-refractivity contribution in [3.63, 3.8) is 0 Å². The molecule has 10 heteroatoms. The van der Waals surface area contributed by atoms with Gasteiger partial charge in [-0.25, -0.2) is 9.59 Å². The maximum atomic E-state index is 12.0. The minimum absolute atomic E-state index is 0.0958. The van der Waals surface area contributed by atoms with Crippen LogP contribution in [0.15, 0.2) is 11.1 Å². The van der Waals surface area contributed by atoms with Gasteiger partial charge in [0.1, 0.15) is 13.2 Å². The molecular weight excluding hydrogens is 352 g/mol. The van der Waals surface area contributed by atoms with E-state index in [1.54, 1.807) is 0 Å². The standard InChI is InChI=1S/C16H24O10/c1-9(15(21)25-7-5-23-3)11(13(17)18)12(14(19)20)10(2)16(22)26-8-6-24-4/h9-10H,5-8H2,1-4H3,(H,17,18)(H,19,20)/b12-11+. The molecule has 2 atom stereocenters. The topological polar surface area (TPSA) is 146 Å². The average Bonchev–Trinajstić information content (AvgIpc) is 2.57. The fourth-order valence-electron chi connectivity index (χ4n) is 2.00. The first kappa shape index (κ1) is 23.5. The first-order chi connectivity index (χ1) is 12.2. The minimum atomic E-state index is -1.64. The van der Waals surface area contributed by atoms with Crippen molar-refractivity contribution in [2.45, 2.75) is 13.8 Å². The zero-order valence-corrected chi connectivity index (χ0v) is 15.1. The summed E-state index contributed by atoms with van der Waals surface area (Å²) in [6.07, 6.45) is 0. The Balaban J connectivity index is 5.65. The third-order valence-electron chi connectivity index (χ3n) is 3.39. The van der Waals surface area contributed by atoms with Gasteiger partial charge in [-0.3, -0.25) is 9.59 Å². The van der Waals surface area contributed by atoms with Crippen molar-refractivity contribution in [1.82, 2.24) is 0 Å². The normalized spacial score (nSPS) is 14.0. The molecule has 0 spiro atoms. The lowest BCUT2D eigenvalue weighted by Crippen LogP contribution is -2.30. The SMILES string of the molecule is COCCOC(=O)C(C)/C(C(=O)O)=C(\C(=O)O)C(C)C(=O)OCCOC. The average molecular weight is 376 g/mol. The van der Waals surface area contributed by atoms with E-state index in [2.05, 4.69) is 0 Å². The van der Waals surface area contributed by atoms with Crippen LogP contribution in [-0.4, -0.2) is 74.7 Å².